The minimum absolute atomic E-state index is 0.477. The molecule has 0 spiro atoms. The van der Waals surface area contributed by atoms with Crippen molar-refractivity contribution in [2.75, 3.05) is 28.4 Å². The second-order valence-electron chi connectivity index (χ2n) is 4.29. The Balaban J connectivity index is 2.29. The monoisotopic (exact) mass is 302 g/mol. The highest BCUT2D eigenvalue weighted by molar-refractivity contribution is 5.71. The smallest absolute Gasteiger partial charge is 0.233 e. The largest absolute Gasteiger partial charge is 0.493 e. The third-order valence-electron chi connectivity index (χ3n) is 3.00. The van der Waals surface area contributed by atoms with E-state index in [0.717, 1.165) is 11.3 Å². The van der Waals surface area contributed by atoms with E-state index in [1.54, 1.807) is 34.5 Å². The number of benzene rings is 1. The van der Waals surface area contributed by atoms with Crippen molar-refractivity contribution in [2.45, 2.75) is 0 Å². The molecule has 2 rings (SSSR count). The molecular weight excluding hydrogens is 284 g/mol. The van der Waals surface area contributed by atoms with Crippen molar-refractivity contribution in [1.82, 2.24) is 10.2 Å². The fraction of sp³-hybridized carbons (Fsp3) is 0.250. The van der Waals surface area contributed by atoms with Crippen LogP contribution < -0.4 is 18.9 Å². The number of methoxy groups -OCH3 is 4. The lowest BCUT2D eigenvalue weighted by Gasteiger charge is -2.12. The van der Waals surface area contributed by atoms with Crippen LogP contribution in [0.15, 0.2) is 24.3 Å². The van der Waals surface area contributed by atoms with Crippen LogP contribution in [0.2, 0.25) is 0 Å². The molecule has 0 amide bonds. The fourth-order valence-corrected chi connectivity index (χ4v) is 1.91. The minimum Gasteiger partial charge on any atom is -0.493 e. The number of nitrogens with zero attached hydrogens (tertiary/aromatic N) is 2. The van der Waals surface area contributed by atoms with E-state index in [9.17, 15) is 0 Å². The van der Waals surface area contributed by atoms with Gasteiger partial charge >= 0.3 is 0 Å². The number of ether oxygens (including phenoxy) is 4. The quantitative estimate of drug-likeness (QED) is 0.817. The first-order valence-electron chi connectivity index (χ1n) is 6.57. The van der Waals surface area contributed by atoms with Crippen molar-refractivity contribution in [3.63, 3.8) is 0 Å². The first-order chi connectivity index (χ1) is 10.7. The van der Waals surface area contributed by atoms with Crippen LogP contribution in [0.1, 0.15) is 11.3 Å². The van der Waals surface area contributed by atoms with Gasteiger partial charge in [-0.1, -0.05) is 6.08 Å². The van der Waals surface area contributed by atoms with E-state index in [1.807, 2.05) is 30.4 Å². The van der Waals surface area contributed by atoms with Crippen LogP contribution >= 0.6 is 0 Å². The normalized spacial score (nSPS) is 10.5. The highest BCUT2D eigenvalue weighted by Gasteiger charge is 2.11. The highest BCUT2D eigenvalue weighted by Crippen LogP contribution is 2.38. The van der Waals surface area contributed by atoms with Gasteiger partial charge in [-0.2, -0.15) is 0 Å². The van der Waals surface area contributed by atoms with E-state index < -0.39 is 0 Å². The Bertz CT molecular complexity index is 629. The average molecular weight is 302 g/mol. The van der Waals surface area contributed by atoms with E-state index in [1.165, 1.54) is 0 Å². The van der Waals surface area contributed by atoms with E-state index >= 15 is 0 Å². The summed E-state index contributed by atoms with van der Waals surface area (Å²) in [4.78, 5) is 0. The summed E-state index contributed by atoms with van der Waals surface area (Å²) in [6.45, 7) is 0. The van der Waals surface area contributed by atoms with Gasteiger partial charge in [0.05, 0.1) is 34.1 Å². The van der Waals surface area contributed by atoms with Crippen LogP contribution in [0, 0.1) is 0 Å². The summed E-state index contributed by atoms with van der Waals surface area (Å²) in [5.41, 5.74) is 1.61. The maximum atomic E-state index is 5.32. The molecule has 1 aromatic heterocycles. The SMILES string of the molecule is COc1ccc(/C=C\c2cc(OC)c(OC)c(OC)c2)nn1. The molecule has 1 heterocycles. The third kappa shape index (κ3) is 3.46. The predicted octanol–water partition coefficient (Wildman–Crippen LogP) is 2.68. The standard InChI is InChI=1S/C16H18N2O4/c1-19-13-9-11(10-14(20-2)16(13)22-4)5-6-12-7-8-15(21-3)18-17-12/h5-10H,1-4H3/b6-5-. The van der Waals surface area contributed by atoms with Crippen molar-refractivity contribution in [3.8, 4) is 23.1 Å². The second kappa shape index (κ2) is 7.31. The molecule has 0 unspecified atom stereocenters. The minimum atomic E-state index is 0.477. The summed E-state index contributed by atoms with van der Waals surface area (Å²) >= 11 is 0. The molecule has 0 bridgehead atoms. The van der Waals surface area contributed by atoms with Crippen LogP contribution in [0.4, 0.5) is 0 Å². The molecule has 6 nitrogen and oxygen atoms in total. The maximum absolute atomic E-state index is 5.32. The molecular formula is C16H18N2O4. The van der Waals surface area contributed by atoms with E-state index in [-0.39, 0.29) is 0 Å². The van der Waals surface area contributed by atoms with Gasteiger partial charge in [-0.3, -0.25) is 0 Å². The van der Waals surface area contributed by atoms with Crippen molar-refractivity contribution in [3.05, 3.63) is 35.5 Å². The third-order valence-corrected chi connectivity index (χ3v) is 3.00. The van der Waals surface area contributed by atoms with Crippen LogP contribution in [0.5, 0.6) is 23.1 Å². The van der Waals surface area contributed by atoms with E-state index in [2.05, 4.69) is 10.2 Å². The maximum Gasteiger partial charge on any atom is 0.233 e. The molecule has 1 aromatic carbocycles. The Morgan fingerprint density at radius 1 is 0.773 bits per heavy atom. The first kappa shape index (κ1) is 15.6. The number of aromatic nitrogens is 2. The summed E-state index contributed by atoms with van der Waals surface area (Å²) in [6, 6.07) is 7.28. The topological polar surface area (TPSA) is 62.7 Å². The van der Waals surface area contributed by atoms with Crippen molar-refractivity contribution >= 4 is 12.2 Å². The molecule has 116 valence electrons. The van der Waals surface area contributed by atoms with Gasteiger partial charge in [-0.25, -0.2) is 0 Å². The molecule has 0 saturated carbocycles. The highest BCUT2D eigenvalue weighted by atomic mass is 16.5. The molecule has 0 atom stereocenters. The van der Waals surface area contributed by atoms with Crippen LogP contribution in [0.25, 0.3) is 12.2 Å². The van der Waals surface area contributed by atoms with Crippen LogP contribution in [0.3, 0.4) is 0 Å². The Kier molecular flexibility index (Phi) is 5.19. The first-order valence-corrected chi connectivity index (χ1v) is 6.57. The lowest BCUT2D eigenvalue weighted by molar-refractivity contribution is 0.324. The second-order valence-corrected chi connectivity index (χ2v) is 4.29. The Morgan fingerprint density at radius 3 is 1.91 bits per heavy atom. The number of rotatable bonds is 6. The van der Waals surface area contributed by atoms with Crippen LogP contribution in [-0.2, 0) is 0 Å². The molecule has 0 N–H and O–H groups in total. The number of hydrogen-bond acceptors (Lipinski definition) is 6. The Morgan fingerprint density at radius 2 is 1.45 bits per heavy atom. The van der Waals surface area contributed by atoms with Crippen molar-refractivity contribution < 1.29 is 18.9 Å². The lowest BCUT2D eigenvalue weighted by Crippen LogP contribution is -1.95. The predicted molar refractivity (Wildman–Crippen MR) is 83.6 cm³/mol. The van der Waals surface area contributed by atoms with E-state index in [0.29, 0.717) is 23.1 Å². The van der Waals surface area contributed by atoms with Gasteiger partial charge in [0.1, 0.15) is 0 Å². The molecule has 0 aliphatic heterocycles. The number of hydrogen-bond donors (Lipinski definition) is 0. The fourth-order valence-electron chi connectivity index (χ4n) is 1.91. The molecule has 22 heavy (non-hydrogen) atoms. The van der Waals surface area contributed by atoms with Gasteiger partial charge in [-0.15, -0.1) is 10.2 Å². The molecule has 0 radical (unpaired) electrons. The van der Waals surface area contributed by atoms with Gasteiger partial charge in [0.2, 0.25) is 11.6 Å². The molecule has 0 fully saturated rings. The Labute approximate surface area is 129 Å². The lowest BCUT2D eigenvalue weighted by atomic mass is 10.1. The van der Waals surface area contributed by atoms with Gasteiger partial charge < -0.3 is 18.9 Å². The zero-order chi connectivity index (χ0) is 15.9. The van der Waals surface area contributed by atoms with Gasteiger partial charge in [-0.05, 0) is 29.8 Å². The van der Waals surface area contributed by atoms with Crippen molar-refractivity contribution in [2.24, 2.45) is 0 Å². The summed E-state index contributed by atoms with van der Waals surface area (Å²) < 4.78 is 20.9. The molecule has 2 aromatic rings. The van der Waals surface area contributed by atoms with Crippen LogP contribution in [-0.4, -0.2) is 38.6 Å². The van der Waals surface area contributed by atoms with Gasteiger partial charge in [0.15, 0.2) is 11.5 Å². The summed E-state index contributed by atoms with van der Waals surface area (Å²) in [5.74, 6) is 2.24. The summed E-state index contributed by atoms with van der Waals surface area (Å²) in [6.07, 6.45) is 3.73. The summed E-state index contributed by atoms with van der Waals surface area (Å²) in [7, 11) is 6.29. The van der Waals surface area contributed by atoms with Gasteiger partial charge in [0, 0.05) is 6.07 Å². The zero-order valence-electron chi connectivity index (χ0n) is 13.0. The molecule has 0 saturated heterocycles. The molecule has 0 aliphatic carbocycles. The molecule has 0 aliphatic rings. The molecule has 6 heteroatoms. The van der Waals surface area contributed by atoms with E-state index in [4.69, 9.17) is 18.9 Å². The van der Waals surface area contributed by atoms with Crippen molar-refractivity contribution in [1.29, 1.82) is 0 Å². The average Bonchev–Trinajstić information content (AvgIpc) is 2.59. The Hall–Kier alpha value is -2.76. The summed E-state index contributed by atoms with van der Waals surface area (Å²) in [5, 5.41) is 7.95. The zero-order valence-corrected chi connectivity index (χ0v) is 13.0. The van der Waals surface area contributed by atoms with Gasteiger partial charge in [0.25, 0.3) is 0 Å².